The van der Waals surface area contributed by atoms with Crippen molar-refractivity contribution in [3.05, 3.63) is 21.9 Å². The molecule has 1 aromatic rings. The average molecular weight is 390 g/mol. The summed E-state index contributed by atoms with van der Waals surface area (Å²) in [7, 11) is 0.414. The summed E-state index contributed by atoms with van der Waals surface area (Å²) < 4.78 is 30.0. The topological polar surface area (TPSA) is 86.2 Å². The minimum Gasteiger partial charge on any atom is -0.367 e. The van der Waals surface area contributed by atoms with Gasteiger partial charge in [0.25, 0.3) is 0 Å². The van der Waals surface area contributed by atoms with Crippen LogP contribution in [-0.4, -0.2) is 57.9 Å². The van der Waals surface area contributed by atoms with E-state index >= 15 is 0 Å². The molecule has 0 saturated heterocycles. The van der Waals surface area contributed by atoms with E-state index in [1.165, 1.54) is 9.75 Å². The number of rotatable bonds is 8. The Kier molecular flexibility index (Phi) is 7.08. The molecule has 0 fully saturated rings. The lowest BCUT2D eigenvalue weighted by Gasteiger charge is -2.08. The van der Waals surface area contributed by atoms with Crippen molar-refractivity contribution in [3.63, 3.8) is 0 Å². The third kappa shape index (κ3) is 6.08. The molecule has 2 rings (SSSR count). The number of amidine groups is 2. The Morgan fingerprint density at radius 1 is 1.17 bits per heavy atom. The van der Waals surface area contributed by atoms with Gasteiger partial charge in [0.05, 0.1) is 0 Å². The van der Waals surface area contributed by atoms with E-state index in [-0.39, 0.29) is 0 Å². The summed E-state index contributed by atoms with van der Waals surface area (Å²) in [6, 6.07) is 4.35. The van der Waals surface area contributed by atoms with E-state index in [0.717, 1.165) is 18.1 Å². The van der Waals surface area contributed by atoms with Crippen molar-refractivity contribution in [1.29, 1.82) is 0 Å². The van der Waals surface area contributed by atoms with Gasteiger partial charge in [-0.1, -0.05) is 0 Å². The standard InChI is InChI=1S/C14H23N5O2S3/c1-4-15-13-14(18-24(20,21)17-13)16-7-8-22-10-12-6-5-11(23-12)9-19(2)3/h5-6H,4,7-10H2,1-3H3,(H,15,17)(H,16,18). The minimum atomic E-state index is -3.72. The van der Waals surface area contributed by atoms with Crippen LogP contribution in [0.5, 0.6) is 0 Å². The molecule has 0 aromatic carbocycles. The third-order valence-corrected chi connectivity index (χ3v) is 6.04. The van der Waals surface area contributed by atoms with Gasteiger partial charge in [-0.2, -0.15) is 20.2 Å². The summed E-state index contributed by atoms with van der Waals surface area (Å²) in [4.78, 5) is 4.88. The second-order valence-corrected chi connectivity index (χ2v) is 9.06. The number of nitrogens with one attached hydrogen (secondary N) is 2. The van der Waals surface area contributed by atoms with E-state index in [9.17, 15) is 8.42 Å². The van der Waals surface area contributed by atoms with Crippen molar-refractivity contribution in [2.24, 2.45) is 8.80 Å². The zero-order valence-electron chi connectivity index (χ0n) is 14.1. The molecule has 2 heterocycles. The molecule has 1 aromatic heterocycles. The van der Waals surface area contributed by atoms with Crippen molar-refractivity contribution < 1.29 is 8.42 Å². The summed E-state index contributed by atoms with van der Waals surface area (Å²) in [5, 5.41) is 5.95. The lowest BCUT2D eigenvalue weighted by Crippen LogP contribution is -2.39. The lowest BCUT2D eigenvalue weighted by molar-refractivity contribution is 0.406. The largest absolute Gasteiger partial charge is 0.367 e. The fraction of sp³-hybridized carbons (Fsp3) is 0.571. The molecule has 1 aliphatic heterocycles. The third-order valence-electron chi connectivity index (χ3n) is 2.95. The number of likely N-dealkylation sites (N-methyl/N-ethyl adjacent to an activating group) is 1. The quantitative estimate of drug-likeness (QED) is 0.652. The smallest absolute Gasteiger partial charge is 0.367 e. The number of hydrogen-bond donors (Lipinski definition) is 2. The summed E-state index contributed by atoms with van der Waals surface area (Å²) in [6.07, 6.45) is 0. The second kappa shape index (κ2) is 8.84. The van der Waals surface area contributed by atoms with Gasteiger partial charge in [-0.3, -0.25) is 0 Å². The lowest BCUT2D eigenvalue weighted by atomic mass is 10.4. The fourth-order valence-electron chi connectivity index (χ4n) is 2.05. The van der Waals surface area contributed by atoms with Crippen LogP contribution < -0.4 is 10.6 Å². The van der Waals surface area contributed by atoms with Crippen LogP contribution >= 0.6 is 23.1 Å². The molecule has 0 unspecified atom stereocenters. The van der Waals surface area contributed by atoms with Crippen molar-refractivity contribution in [2.45, 2.75) is 19.2 Å². The molecule has 0 bridgehead atoms. The first-order valence-electron chi connectivity index (χ1n) is 7.62. The fourth-order valence-corrected chi connectivity index (χ4v) is 4.96. The Bertz CT molecular complexity index is 710. The van der Waals surface area contributed by atoms with Gasteiger partial charge in [0.2, 0.25) is 0 Å². The maximum Gasteiger partial charge on any atom is 0.367 e. The Labute approximate surface area is 151 Å². The van der Waals surface area contributed by atoms with Crippen molar-refractivity contribution in [1.82, 2.24) is 15.5 Å². The summed E-state index contributed by atoms with van der Waals surface area (Å²) in [5.41, 5.74) is 0. The van der Waals surface area contributed by atoms with Crippen molar-refractivity contribution >= 4 is 45.0 Å². The number of thioether (sulfide) groups is 1. The van der Waals surface area contributed by atoms with E-state index < -0.39 is 10.2 Å². The van der Waals surface area contributed by atoms with E-state index in [1.54, 1.807) is 11.8 Å². The van der Waals surface area contributed by atoms with Gasteiger partial charge in [0, 0.05) is 40.9 Å². The van der Waals surface area contributed by atoms with Gasteiger partial charge in [-0.25, -0.2) is 0 Å². The molecule has 1 aliphatic rings. The first-order valence-corrected chi connectivity index (χ1v) is 11.0. The summed E-state index contributed by atoms with van der Waals surface area (Å²) in [6.45, 7) is 4.08. The van der Waals surface area contributed by atoms with Crippen molar-refractivity contribution in [3.8, 4) is 0 Å². The Morgan fingerprint density at radius 3 is 2.50 bits per heavy atom. The van der Waals surface area contributed by atoms with Gasteiger partial charge in [-0.15, -0.1) is 20.1 Å². The van der Waals surface area contributed by atoms with Gasteiger partial charge in [0.1, 0.15) is 0 Å². The predicted molar refractivity (Wildman–Crippen MR) is 103 cm³/mol. The monoisotopic (exact) mass is 389 g/mol. The van der Waals surface area contributed by atoms with Crippen LogP contribution in [0.15, 0.2) is 20.9 Å². The van der Waals surface area contributed by atoms with Gasteiger partial charge < -0.3 is 15.5 Å². The van der Waals surface area contributed by atoms with Gasteiger partial charge in [0.15, 0.2) is 11.7 Å². The number of thiophene rings is 1. The molecule has 24 heavy (non-hydrogen) atoms. The van der Waals surface area contributed by atoms with Crippen LogP contribution in [-0.2, 0) is 22.5 Å². The van der Waals surface area contributed by atoms with Gasteiger partial charge >= 0.3 is 10.2 Å². The predicted octanol–water partition coefficient (Wildman–Crippen LogP) is 1.30. The maximum absolute atomic E-state index is 11.4. The first kappa shape index (κ1) is 19.2. The first-order chi connectivity index (χ1) is 11.4. The van der Waals surface area contributed by atoms with Crippen molar-refractivity contribution in [2.75, 3.05) is 32.9 Å². The molecule has 0 radical (unpaired) electrons. The molecule has 0 spiro atoms. The maximum atomic E-state index is 11.4. The van der Waals surface area contributed by atoms with E-state index in [4.69, 9.17) is 0 Å². The molecule has 7 nitrogen and oxygen atoms in total. The summed E-state index contributed by atoms with van der Waals surface area (Å²) >= 11 is 3.64. The molecule has 0 aliphatic carbocycles. The minimum absolute atomic E-state index is 0.300. The van der Waals surface area contributed by atoms with Crippen LogP contribution in [0.3, 0.4) is 0 Å². The number of hydrogen-bond acceptors (Lipinski definition) is 7. The normalized spacial score (nSPS) is 16.2. The van der Waals surface area contributed by atoms with Crippen LogP contribution in [0, 0.1) is 0 Å². The highest BCUT2D eigenvalue weighted by Gasteiger charge is 2.23. The molecule has 0 atom stereocenters. The highest BCUT2D eigenvalue weighted by atomic mass is 32.2. The second-order valence-electron chi connectivity index (χ2n) is 5.44. The van der Waals surface area contributed by atoms with Crippen LogP contribution in [0.2, 0.25) is 0 Å². The molecular formula is C14H23N5O2S3. The Hall–Kier alpha value is -1.10. The van der Waals surface area contributed by atoms with Gasteiger partial charge in [-0.05, 0) is 33.2 Å². The van der Waals surface area contributed by atoms with E-state index in [2.05, 4.69) is 50.6 Å². The molecular weight excluding hydrogens is 366 g/mol. The summed E-state index contributed by atoms with van der Waals surface area (Å²) in [5.74, 6) is 2.42. The van der Waals surface area contributed by atoms with E-state index in [1.807, 2.05) is 18.3 Å². The molecule has 10 heteroatoms. The molecule has 134 valence electrons. The van der Waals surface area contributed by atoms with Crippen LogP contribution in [0.4, 0.5) is 0 Å². The highest BCUT2D eigenvalue weighted by Crippen LogP contribution is 2.22. The average Bonchev–Trinajstić information content (AvgIpc) is 3.02. The highest BCUT2D eigenvalue weighted by molar-refractivity contribution is 7.98. The zero-order chi connectivity index (χ0) is 17.6. The SMILES string of the molecule is CCNC1=NS(=O)(=O)N=C1NCCSCc1ccc(CN(C)C)s1. The Morgan fingerprint density at radius 2 is 1.83 bits per heavy atom. The van der Waals surface area contributed by atoms with E-state index in [0.29, 0.717) is 24.8 Å². The zero-order valence-corrected chi connectivity index (χ0v) is 16.5. The van der Waals surface area contributed by atoms with Crippen LogP contribution in [0.1, 0.15) is 16.7 Å². The molecule has 0 amide bonds. The van der Waals surface area contributed by atoms with Crippen LogP contribution in [0.25, 0.3) is 0 Å². The Balaban J connectivity index is 1.72. The molecule has 2 N–H and O–H groups in total. The molecule has 0 saturated carbocycles. The number of nitrogens with zero attached hydrogens (tertiary/aromatic N) is 3.